The number of fused-ring (bicyclic) bond motifs is 2. The SMILES string of the molecule is O=C(NCCC[NH+]1CCOCC1)[C@H]1C[C@@H]2CC[C@H]1C2. The summed E-state index contributed by atoms with van der Waals surface area (Å²) in [6.45, 7) is 6.07. The van der Waals surface area contributed by atoms with Crippen LogP contribution in [-0.4, -0.2) is 45.3 Å². The van der Waals surface area contributed by atoms with Gasteiger partial charge in [-0.3, -0.25) is 4.79 Å². The van der Waals surface area contributed by atoms with Crippen LogP contribution in [-0.2, 0) is 9.53 Å². The first-order valence-electron chi connectivity index (χ1n) is 8.02. The number of hydrogen-bond donors (Lipinski definition) is 2. The molecule has 1 saturated heterocycles. The Bertz CT molecular complexity index is 315. The van der Waals surface area contributed by atoms with Crippen LogP contribution in [0.15, 0.2) is 0 Å². The van der Waals surface area contributed by atoms with Crippen LogP contribution in [0.25, 0.3) is 0 Å². The van der Waals surface area contributed by atoms with Gasteiger partial charge in [0, 0.05) is 18.9 Å². The number of carbonyl (C=O) groups excluding carboxylic acids is 1. The van der Waals surface area contributed by atoms with Crippen LogP contribution in [0.2, 0.25) is 0 Å². The first-order chi connectivity index (χ1) is 9.33. The monoisotopic (exact) mass is 267 g/mol. The van der Waals surface area contributed by atoms with Crippen molar-refractivity contribution in [3.8, 4) is 0 Å². The minimum atomic E-state index is 0.337. The molecule has 0 spiro atoms. The number of nitrogens with one attached hydrogen (secondary N) is 2. The lowest BCUT2D eigenvalue weighted by Crippen LogP contribution is -3.14. The van der Waals surface area contributed by atoms with E-state index in [4.69, 9.17) is 4.74 Å². The molecular weight excluding hydrogens is 240 g/mol. The fourth-order valence-corrected chi connectivity index (χ4v) is 4.16. The van der Waals surface area contributed by atoms with E-state index in [1.54, 1.807) is 4.90 Å². The molecule has 108 valence electrons. The van der Waals surface area contributed by atoms with Crippen molar-refractivity contribution < 1.29 is 14.4 Å². The Balaban J connectivity index is 1.30. The molecule has 0 radical (unpaired) electrons. The largest absolute Gasteiger partial charge is 0.370 e. The Labute approximate surface area is 115 Å². The molecule has 0 aromatic rings. The van der Waals surface area contributed by atoms with Crippen LogP contribution in [0.4, 0.5) is 0 Å². The molecule has 4 nitrogen and oxygen atoms in total. The third-order valence-corrected chi connectivity index (χ3v) is 5.28. The first kappa shape index (κ1) is 13.4. The zero-order valence-electron chi connectivity index (χ0n) is 11.8. The number of rotatable bonds is 5. The van der Waals surface area contributed by atoms with Crippen molar-refractivity contribution in [1.82, 2.24) is 5.32 Å². The number of carbonyl (C=O) groups is 1. The van der Waals surface area contributed by atoms with Crippen LogP contribution in [0.3, 0.4) is 0 Å². The van der Waals surface area contributed by atoms with Gasteiger partial charge in [-0.25, -0.2) is 0 Å². The van der Waals surface area contributed by atoms with Crippen LogP contribution >= 0.6 is 0 Å². The van der Waals surface area contributed by atoms with E-state index in [0.717, 1.165) is 51.6 Å². The molecule has 2 aliphatic carbocycles. The Morgan fingerprint density at radius 1 is 1.21 bits per heavy atom. The quantitative estimate of drug-likeness (QED) is 0.680. The fourth-order valence-electron chi connectivity index (χ4n) is 4.16. The molecule has 3 aliphatic rings. The number of morpholine rings is 1. The predicted molar refractivity (Wildman–Crippen MR) is 72.9 cm³/mol. The number of ether oxygens (including phenoxy) is 1. The Kier molecular flexibility index (Phi) is 4.38. The predicted octanol–water partition coefficient (Wildman–Crippen LogP) is -0.156. The highest BCUT2D eigenvalue weighted by molar-refractivity contribution is 5.79. The second kappa shape index (κ2) is 6.23. The molecular formula is C15H27N2O2+. The van der Waals surface area contributed by atoms with E-state index >= 15 is 0 Å². The molecule has 2 bridgehead atoms. The zero-order valence-corrected chi connectivity index (χ0v) is 11.8. The molecule has 4 heteroatoms. The first-order valence-corrected chi connectivity index (χ1v) is 8.02. The van der Waals surface area contributed by atoms with Gasteiger partial charge in [0.1, 0.15) is 13.1 Å². The van der Waals surface area contributed by atoms with E-state index in [0.29, 0.717) is 17.7 Å². The number of quaternary nitrogens is 1. The summed E-state index contributed by atoms with van der Waals surface area (Å²) in [7, 11) is 0. The summed E-state index contributed by atoms with van der Waals surface area (Å²) in [5.74, 6) is 2.24. The summed E-state index contributed by atoms with van der Waals surface area (Å²) >= 11 is 0. The fraction of sp³-hybridized carbons (Fsp3) is 0.933. The van der Waals surface area contributed by atoms with Crippen LogP contribution in [0.1, 0.15) is 32.1 Å². The van der Waals surface area contributed by atoms with Crippen LogP contribution in [0, 0.1) is 17.8 Å². The van der Waals surface area contributed by atoms with Crippen molar-refractivity contribution in [1.29, 1.82) is 0 Å². The summed E-state index contributed by atoms with van der Waals surface area (Å²) in [4.78, 5) is 13.8. The average molecular weight is 267 g/mol. The van der Waals surface area contributed by atoms with Gasteiger partial charge in [0.05, 0.1) is 19.8 Å². The van der Waals surface area contributed by atoms with Crippen LogP contribution < -0.4 is 10.2 Å². The standard InChI is InChI=1S/C15H26N2O2/c18-15(14-11-12-2-3-13(14)10-12)16-4-1-5-17-6-8-19-9-7-17/h12-14H,1-11H2,(H,16,18)/p+1/t12-,13+,14+/m1/s1. The van der Waals surface area contributed by atoms with Gasteiger partial charge in [0.15, 0.2) is 0 Å². The molecule has 3 rings (SSSR count). The second-order valence-electron chi connectivity index (χ2n) is 6.54. The van der Waals surface area contributed by atoms with E-state index in [2.05, 4.69) is 5.32 Å². The minimum absolute atomic E-state index is 0.337. The molecule has 0 aromatic heterocycles. The minimum Gasteiger partial charge on any atom is -0.370 e. The van der Waals surface area contributed by atoms with E-state index in [1.165, 1.54) is 25.8 Å². The average Bonchev–Trinajstić information content (AvgIpc) is 3.07. The molecule has 1 amide bonds. The van der Waals surface area contributed by atoms with Crippen LogP contribution in [0.5, 0.6) is 0 Å². The third kappa shape index (κ3) is 3.29. The smallest absolute Gasteiger partial charge is 0.223 e. The normalized spacial score (nSPS) is 34.6. The summed E-state index contributed by atoms with van der Waals surface area (Å²) in [6.07, 6.45) is 6.23. The van der Waals surface area contributed by atoms with Gasteiger partial charge in [0.2, 0.25) is 5.91 Å². The van der Waals surface area contributed by atoms with E-state index in [9.17, 15) is 4.79 Å². The summed E-state index contributed by atoms with van der Waals surface area (Å²) < 4.78 is 5.35. The van der Waals surface area contributed by atoms with Gasteiger partial charge in [-0.05, 0) is 31.1 Å². The zero-order chi connectivity index (χ0) is 13.1. The summed E-state index contributed by atoms with van der Waals surface area (Å²) in [6, 6.07) is 0. The van der Waals surface area contributed by atoms with E-state index in [1.807, 2.05) is 0 Å². The van der Waals surface area contributed by atoms with Gasteiger partial charge in [-0.1, -0.05) is 6.42 Å². The van der Waals surface area contributed by atoms with E-state index < -0.39 is 0 Å². The highest BCUT2D eigenvalue weighted by Crippen LogP contribution is 2.48. The van der Waals surface area contributed by atoms with Crippen molar-refractivity contribution in [3.05, 3.63) is 0 Å². The van der Waals surface area contributed by atoms with E-state index in [-0.39, 0.29) is 0 Å². The van der Waals surface area contributed by atoms with Gasteiger partial charge in [-0.2, -0.15) is 0 Å². The molecule has 3 atom stereocenters. The lowest BCUT2D eigenvalue weighted by atomic mass is 9.88. The third-order valence-electron chi connectivity index (χ3n) is 5.28. The Morgan fingerprint density at radius 3 is 2.74 bits per heavy atom. The number of amides is 1. The molecule has 0 unspecified atom stereocenters. The lowest BCUT2D eigenvalue weighted by Gasteiger charge is -2.24. The summed E-state index contributed by atoms with van der Waals surface area (Å²) in [5, 5.41) is 3.17. The second-order valence-corrected chi connectivity index (χ2v) is 6.54. The van der Waals surface area contributed by atoms with Crippen molar-refractivity contribution in [2.45, 2.75) is 32.1 Å². The Morgan fingerprint density at radius 2 is 2.05 bits per heavy atom. The highest BCUT2D eigenvalue weighted by atomic mass is 16.5. The van der Waals surface area contributed by atoms with Crippen molar-refractivity contribution in [3.63, 3.8) is 0 Å². The topological polar surface area (TPSA) is 42.8 Å². The van der Waals surface area contributed by atoms with Crippen molar-refractivity contribution >= 4 is 5.91 Å². The van der Waals surface area contributed by atoms with Gasteiger partial charge in [-0.15, -0.1) is 0 Å². The maximum absolute atomic E-state index is 12.1. The maximum atomic E-state index is 12.1. The lowest BCUT2D eigenvalue weighted by molar-refractivity contribution is -0.908. The maximum Gasteiger partial charge on any atom is 0.223 e. The van der Waals surface area contributed by atoms with Gasteiger partial charge >= 0.3 is 0 Å². The highest BCUT2D eigenvalue weighted by Gasteiger charge is 2.42. The Hall–Kier alpha value is -0.610. The van der Waals surface area contributed by atoms with Crippen molar-refractivity contribution in [2.24, 2.45) is 17.8 Å². The molecule has 1 aliphatic heterocycles. The molecule has 0 aromatic carbocycles. The van der Waals surface area contributed by atoms with Gasteiger partial charge in [0.25, 0.3) is 0 Å². The molecule has 3 fully saturated rings. The molecule has 2 N–H and O–H groups in total. The number of hydrogen-bond acceptors (Lipinski definition) is 2. The van der Waals surface area contributed by atoms with Gasteiger partial charge < -0.3 is 15.0 Å². The molecule has 19 heavy (non-hydrogen) atoms. The summed E-state index contributed by atoms with van der Waals surface area (Å²) in [5.41, 5.74) is 0. The van der Waals surface area contributed by atoms with Crippen molar-refractivity contribution in [2.75, 3.05) is 39.4 Å². The molecule has 1 heterocycles. The molecule has 2 saturated carbocycles.